The van der Waals surface area contributed by atoms with Gasteiger partial charge in [0.25, 0.3) is 11.7 Å². The number of benzene rings is 1. The quantitative estimate of drug-likeness (QED) is 0.289. The van der Waals surface area contributed by atoms with Gasteiger partial charge in [-0.3, -0.25) is 24.3 Å². The van der Waals surface area contributed by atoms with Crippen LogP contribution in [0.1, 0.15) is 92.6 Å². The fourth-order valence-electron chi connectivity index (χ4n) is 7.96. The largest absolute Gasteiger partial charge is 0.507 e. The number of ether oxygens (including phenoxy) is 2. The maximum Gasteiger partial charge on any atom is 0.272 e. The molecule has 4 unspecified atom stereocenters. The van der Waals surface area contributed by atoms with Gasteiger partial charge in [-0.1, -0.05) is 44.9 Å². The Bertz CT molecular complexity index is 1850. The average molecular weight is 701 g/mol. The summed E-state index contributed by atoms with van der Waals surface area (Å²) >= 11 is 0. The first-order valence-corrected chi connectivity index (χ1v) is 17.7. The van der Waals surface area contributed by atoms with E-state index < -0.39 is 71.2 Å². The molecule has 51 heavy (non-hydrogen) atoms. The molecule has 1 fully saturated rings. The number of nitrogens with one attached hydrogen (secondary N) is 2. The second-order valence-corrected chi connectivity index (χ2v) is 14.9. The molecule has 1 aromatic rings. The van der Waals surface area contributed by atoms with Gasteiger partial charge in [-0.2, -0.15) is 0 Å². The number of allylic oxidation sites excluding steroid dienone is 4. The van der Waals surface area contributed by atoms with Gasteiger partial charge in [0.2, 0.25) is 11.6 Å². The van der Waals surface area contributed by atoms with Gasteiger partial charge in [0.05, 0.1) is 46.9 Å². The van der Waals surface area contributed by atoms with Crippen molar-refractivity contribution in [3.05, 3.63) is 57.4 Å². The molecular weight excluding hydrogens is 652 g/mol. The standard InChI is InChI=1S/C39H48N4O8/c1-10-23-14-15-24(43(23)9)16-25-40-29-26-27-34(46)21(6)36-28(26)37(48)39(8,51-36)50-22(7)19(4)33(45)20(5)32(44)17(2)12-11-13-18(3)38(49)42-31(35(27)47)30(29)41-25/h1,11-13,17,19-20,22-25,32-33,41,44-46H,14-16H2,2-9H3,(H,42,49)/b12-11+,18-13-/t17-,19?,20+,22?,23?,24?,25-,32-,33-,39-/m0/s1. The molecule has 10 atom stereocenters. The molecule has 0 aromatic heterocycles. The van der Waals surface area contributed by atoms with Crippen LogP contribution in [0, 0.1) is 37.0 Å². The Morgan fingerprint density at radius 1 is 1.04 bits per heavy atom. The third kappa shape index (κ3) is 6.00. The maximum absolute atomic E-state index is 14.5. The maximum atomic E-state index is 14.5. The molecule has 0 saturated carbocycles. The van der Waals surface area contributed by atoms with Crippen LogP contribution in [-0.2, 0) is 9.53 Å². The molecule has 1 aliphatic carbocycles. The minimum Gasteiger partial charge on any atom is -0.507 e. The number of aliphatic hydroxyl groups is 2. The number of carbonyl (C=O) groups is 3. The fraction of sp³-hybridized carbons (Fsp3) is 0.538. The lowest BCUT2D eigenvalue weighted by molar-refractivity contribution is -0.180. The number of aliphatic hydroxyl groups excluding tert-OH is 2. The minimum absolute atomic E-state index is 0.00697. The summed E-state index contributed by atoms with van der Waals surface area (Å²) in [5.41, 5.74) is 0.795. The number of aliphatic imine (C=N–C) groups is 1. The van der Waals surface area contributed by atoms with Crippen molar-refractivity contribution in [2.75, 3.05) is 7.05 Å². The second-order valence-electron chi connectivity index (χ2n) is 14.9. The van der Waals surface area contributed by atoms with Crippen LogP contribution in [0.15, 0.2) is 40.2 Å². The van der Waals surface area contributed by atoms with E-state index in [1.54, 1.807) is 59.8 Å². The van der Waals surface area contributed by atoms with Crippen LogP contribution in [0.2, 0.25) is 0 Å². The topological polar surface area (TPSA) is 170 Å². The summed E-state index contributed by atoms with van der Waals surface area (Å²) in [5.74, 6) is -2.75. The molecule has 1 amide bonds. The van der Waals surface area contributed by atoms with E-state index in [1.165, 1.54) is 6.92 Å². The molecule has 272 valence electrons. The van der Waals surface area contributed by atoms with Crippen molar-refractivity contribution in [3.63, 3.8) is 0 Å². The third-order valence-corrected chi connectivity index (χ3v) is 11.6. The van der Waals surface area contributed by atoms with Gasteiger partial charge in [-0.05, 0) is 40.7 Å². The normalized spacial score (nSPS) is 37.3. The summed E-state index contributed by atoms with van der Waals surface area (Å²) in [7, 11) is 1.97. The number of aromatic hydroxyl groups is 1. The molecule has 0 radical (unpaired) electrons. The summed E-state index contributed by atoms with van der Waals surface area (Å²) in [4.78, 5) is 49.7. The Kier molecular flexibility index (Phi) is 9.57. The predicted octanol–water partition coefficient (Wildman–Crippen LogP) is 3.27. The molecular formula is C39H48N4O8. The lowest BCUT2D eigenvalue weighted by Crippen LogP contribution is -2.47. The zero-order valence-electron chi connectivity index (χ0n) is 30.4. The van der Waals surface area contributed by atoms with Crippen LogP contribution < -0.4 is 15.4 Å². The molecule has 5 bridgehead atoms. The van der Waals surface area contributed by atoms with E-state index >= 15 is 0 Å². The number of ketones is 2. The van der Waals surface area contributed by atoms with Crippen LogP contribution in [0.5, 0.6) is 11.5 Å². The number of phenols is 1. The van der Waals surface area contributed by atoms with Crippen LogP contribution >= 0.6 is 0 Å². The molecule has 12 nitrogen and oxygen atoms in total. The zero-order chi connectivity index (χ0) is 37.3. The summed E-state index contributed by atoms with van der Waals surface area (Å²) in [5, 5.41) is 40.2. The van der Waals surface area contributed by atoms with Crippen molar-refractivity contribution in [1.82, 2.24) is 15.5 Å². The van der Waals surface area contributed by atoms with Crippen molar-refractivity contribution in [2.24, 2.45) is 22.7 Å². The van der Waals surface area contributed by atoms with Gasteiger partial charge in [0.15, 0.2) is 0 Å². The zero-order valence-corrected chi connectivity index (χ0v) is 30.4. The Hall–Kier alpha value is -4.28. The number of fused-ring (bicyclic) bond motifs is 10. The molecule has 1 aromatic carbocycles. The fourth-order valence-corrected chi connectivity index (χ4v) is 7.96. The summed E-state index contributed by atoms with van der Waals surface area (Å²) in [6.45, 7) is 11.7. The molecule has 6 aliphatic rings. The van der Waals surface area contributed by atoms with Crippen LogP contribution in [0.3, 0.4) is 0 Å². The van der Waals surface area contributed by atoms with Crippen molar-refractivity contribution in [1.29, 1.82) is 0 Å². The van der Waals surface area contributed by atoms with Gasteiger partial charge in [0, 0.05) is 53.8 Å². The molecule has 5 N–H and O–H groups in total. The second kappa shape index (κ2) is 13.4. The highest BCUT2D eigenvalue weighted by Crippen LogP contribution is 2.49. The van der Waals surface area contributed by atoms with Crippen molar-refractivity contribution < 1.29 is 39.2 Å². The number of phenolic OH excluding ortho intramolecular Hbond substituents is 1. The number of nitrogens with zero attached hydrogens (tertiary/aromatic N) is 2. The number of hydrogen-bond acceptors (Lipinski definition) is 11. The monoisotopic (exact) mass is 700 g/mol. The Balaban J connectivity index is 1.51. The van der Waals surface area contributed by atoms with E-state index in [9.17, 15) is 29.7 Å². The van der Waals surface area contributed by atoms with Crippen LogP contribution in [-0.4, -0.2) is 92.8 Å². The Labute approximate surface area is 298 Å². The minimum atomic E-state index is -1.88. The molecule has 12 heteroatoms. The van der Waals surface area contributed by atoms with E-state index in [-0.39, 0.29) is 62.8 Å². The molecule has 7 rings (SSSR count). The Morgan fingerprint density at radius 2 is 1.75 bits per heavy atom. The lowest BCUT2D eigenvalue weighted by atomic mass is 9.82. The van der Waals surface area contributed by atoms with E-state index in [1.807, 2.05) is 7.05 Å². The van der Waals surface area contributed by atoms with E-state index in [2.05, 4.69) is 21.5 Å². The van der Waals surface area contributed by atoms with Gasteiger partial charge in [0.1, 0.15) is 23.4 Å². The summed E-state index contributed by atoms with van der Waals surface area (Å²) in [6.07, 6.45) is 9.71. The number of hydrogen-bond donors (Lipinski definition) is 5. The van der Waals surface area contributed by atoms with E-state index in [0.29, 0.717) is 6.42 Å². The molecule has 1 saturated heterocycles. The van der Waals surface area contributed by atoms with Crippen molar-refractivity contribution in [2.45, 2.75) is 110 Å². The first kappa shape index (κ1) is 36.5. The number of carbonyl (C=O) groups excluding carboxylic acids is 3. The first-order valence-electron chi connectivity index (χ1n) is 17.7. The highest BCUT2D eigenvalue weighted by Gasteiger charge is 2.53. The lowest BCUT2D eigenvalue weighted by Gasteiger charge is -2.36. The summed E-state index contributed by atoms with van der Waals surface area (Å²) in [6, 6.07) is 0.0789. The van der Waals surface area contributed by atoms with Gasteiger partial charge in [-0.15, -0.1) is 6.42 Å². The number of amides is 1. The van der Waals surface area contributed by atoms with Crippen LogP contribution in [0.25, 0.3) is 0 Å². The van der Waals surface area contributed by atoms with Crippen LogP contribution in [0.4, 0.5) is 0 Å². The van der Waals surface area contributed by atoms with Crippen molar-refractivity contribution >= 4 is 23.2 Å². The molecule has 5 aliphatic heterocycles. The number of likely N-dealkylation sites (tertiary alicyclic amines) is 1. The smallest absolute Gasteiger partial charge is 0.272 e. The average Bonchev–Trinajstić information content (AvgIpc) is 3.75. The van der Waals surface area contributed by atoms with Crippen molar-refractivity contribution in [3.8, 4) is 23.8 Å². The first-order chi connectivity index (χ1) is 24.0. The molecule has 0 spiro atoms. The number of rotatable bonds is 2. The van der Waals surface area contributed by atoms with Gasteiger partial charge < -0.3 is 35.4 Å². The number of Topliss-reactive ketones (excluding diaryl/α,β-unsaturated/α-hetero) is 2. The number of terminal acetylenes is 1. The predicted molar refractivity (Wildman–Crippen MR) is 190 cm³/mol. The SMILES string of the molecule is C#CC1CCC(C[C@H]2N=C3C(=C4NC(=O)/C(C)=C\C=C\[C@H](C)[C@H](O)[C@@H](C)[C@@H](O)C(C)C(C)O[C@@]5(C)Oc6c(C)c(O)c(c3c6C5=O)C4=O)N2)N1C. The molecule has 5 heterocycles. The Morgan fingerprint density at radius 3 is 2.41 bits per heavy atom. The van der Waals surface area contributed by atoms with Gasteiger partial charge >= 0.3 is 0 Å². The highest BCUT2D eigenvalue weighted by atomic mass is 16.7. The third-order valence-electron chi connectivity index (χ3n) is 11.6. The van der Waals surface area contributed by atoms with Gasteiger partial charge in [-0.25, -0.2) is 0 Å². The highest BCUT2D eigenvalue weighted by molar-refractivity contribution is 6.34. The van der Waals surface area contributed by atoms with E-state index in [4.69, 9.17) is 20.9 Å². The van der Waals surface area contributed by atoms with E-state index in [0.717, 1.165) is 12.8 Å². The summed E-state index contributed by atoms with van der Waals surface area (Å²) < 4.78 is 12.6.